The highest BCUT2D eigenvalue weighted by Gasteiger charge is 2.20. The fourth-order valence-corrected chi connectivity index (χ4v) is 4.72. The maximum Gasteiger partial charge on any atom is 0.215 e. The van der Waals surface area contributed by atoms with E-state index >= 15 is 0 Å². The standard InChI is InChI=1S/C17H26Cl2N2O2S/c1-2-15-6-3-4-10-21(15)11-5-9-20-24(22,23)13-14-7-8-16(18)17(19)12-14/h7-8,12,15,20H,2-6,9-11,13H2,1H3. The van der Waals surface area contributed by atoms with Crippen LogP contribution < -0.4 is 4.72 Å². The van der Waals surface area contributed by atoms with E-state index in [1.165, 1.54) is 25.7 Å². The van der Waals surface area contributed by atoms with Gasteiger partial charge in [0.2, 0.25) is 10.0 Å². The van der Waals surface area contributed by atoms with E-state index in [-0.39, 0.29) is 5.75 Å². The highest BCUT2D eigenvalue weighted by Crippen LogP contribution is 2.23. The number of halogens is 2. The van der Waals surface area contributed by atoms with Gasteiger partial charge in [0.05, 0.1) is 15.8 Å². The molecule has 136 valence electrons. The van der Waals surface area contributed by atoms with Crippen molar-refractivity contribution in [1.82, 2.24) is 9.62 Å². The van der Waals surface area contributed by atoms with E-state index in [0.717, 1.165) is 19.5 Å². The number of benzene rings is 1. The molecule has 1 aromatic rings. The molecule has 1 aliphatic rings. The van der Waals surface area contributed by atoms with E-state index in [1.54, 1.807) is 18.2 Å². The lowest BCUT2D eigenvalue weighted by Gasteiger charge is -2.35. The third-order valence-electron chi connectivity index (χ3n) is 4.51. The molecule has 7 heteroatoms. The molecular weight excluding hydrogens is 367 g/mol. The summed E-state index contributed by atoms with van der Waals surface area (Å²) < 4.78 is 27.0. The van der Waals surface area contributed by atoms with Crippen molar-refractivity contribution < 1.29 is 8.42 Å². The van der Waals surface area contributed by atoms with Crippen molar-refractivity contribution in [3.8, 4) is 0 Å². The Kier molecular flexibility index (Phi) is 7.82. The predicted octanol–water partition coefficient (Wildman–Crippen LogP) is 4.07. The first-order valence-corrected chi connectivity index (χ1v) is 11.0. The molecule has 1 saturated heterocycles. The number of likely N-dealkylation sites (tertiary alicyclic amines) is 1. The maximum absolute atomic E-state index is 12.2. The molecule has 1 aliphatic heterocycles. The monoisotopic (exact) mass is 392 g/mol. The number of piperidine rings is 1. The predicted molar refractivity (Wildman–Crippen MR) is 101 cm³/mol. The summed E-state index contributed by atoms with van der Waals surface area (Å²) in [5, 5.41) is 0.804. The van der Waals surface area contributed by atoms with E-state index in [4.69, 9.17) is 23.2 Å². The van der Waals surface area contributed by atoms with Crippen LogP contribution in [0.3, 0.4) is 0 Å². The molecule has 1 aromatic carbocycles. The second-order valence-corrected chi connectivity index (χ2v) is 8.97. The third kappa shape index (κ3) is 6.19. The van der Waals surface area contributed by atoms with Crippen molar-refractivity contribution >= 4 is 33.2 Å². The summed E-state index contributed by atoms with van der Waals surface area (Å²) in [5.74, 6) is -0.0782. The van der Waals surface area contributed by atoms with Crippen molar-refractivity contribution in [2.24, 2.45) is 0 Å². The summed E-state index contributed by atoms with van der Waals surface area (Å²) in [7, 11) is -3.36. The Morgan fingerprint density at radius 1 is 1.25 bits per heavy atom. The summed E-state index contributed by atoms with van der Waals surface area (Å²) >= 11 is 11.8. The summed E-state index contributed by atoms with van der Waals surface area (Å²) in [6, 6.07) is 5.57. The number of rotatable bonds is 8. The minimum atomic E-state index is -3.36. The topological polar surface area (TPSA) is 49.4 Å². The van der Waals surface area contributed by atoms with Gasteiger partial charge in [-0.3, -0.25) is 0 Å². The van der Waals surface area contributed by atoms with Crippen LogP contribution in [0.5, 0.6) is 0 Å². The molecule has 1 unspecified atom stereocenters. The van der Waals surface area contributed by atoms with Crippen LogP contribution in [0.2, 0.25) is 10.0 Å². The fourth-order valence-electron chi connectivity index (χ4n) is 3.23. The first-order valence-electron chi connectivity index (χ1n) is 8.56. The first kappa shape index (κ1) is 20.0. The van der Waals surface area contributed by atoms with Crippen LogP contribution in [0, 0.1) is 0 Å². The minimum Gasteiger partial charge on any atom is -0.300 e. The molecule has 0 spiro atoms. The second-order valence-electron chi connectivity index (χ2n) is 6.35. The zero-order chi connectivity index (χ0) is 17.6. The van der Waals surface area contributed by atoms with Gasteiger partial charge in [-0.1, -0.05) is 42.6 Å². The molecule has 0 radical (unpaired) electrons. The van der Waals surface area contributed by atoms with Crippen molar-refractivity contribution in [1.29, 1.82) is 0 Å². The highest BCUT2D eigenvalue weighted by atomic mass is 35.5. The van der Waals surface area contributed by atoms with Crippen molar-refractivity contribution in [3.05, 3.63) is 33.8 Å². The average molecular weight is 393 g/mol. The van der Waals surface area contributed by atoms with Gasteiger partial charge in [0.25, 0.3) is 0 Å². The van der Waals surface area contributed by atoms with E-state index in [9.17, 15) is 8.42 Å². The molecule has 4 nitrogen and oxygen atoms in total. The van der Waals surface area contributed by atoms with Crippen LogP contribution in [0.4, 0.5) is 0 Å². The van der Waals surface area contributed by atoms with Gasteiger partial charge in [-0.05, 0) is 56.5 Å². The summed E-state index contributed by atoms with van der Waals surface area (Å²) in [4.78, 5) is 2.50. The largest absolute Gasteiger partial charge is 0.300 e. The van der Waals surface area contributed by atoms with Gasteiger partial charge >= 0.3 is 0 Å². The second kappa shape index (κ2) is 9.39. The molecule has 0 bridgehead atoms. The van der Waals surface area contributed by atoms with E-state index in [2.05, 4.69) is 16.5 Å². The van der Waals surface area contributed by atoms with Crippen LogP contribution in [0.25, 0.3) is 0 Å². The Labute approximate surface area is 155 Å². The van der Waals surface area contributed by atoms with Crippen LogP contribution >= 0.6 is 23.2 Å². The zero-order valence-corrected chi connectivity index (χ0v) is 16.4. The molecule has 0 aliphatic carbocycles. The Balaban J connectivity index is 1.77. The van der Waals surface area contributed by atoms with Crippen molar-refractivity contribution in [2.75, 3.05) is 19.6 Å². The lowest BCUT2D eigenvalue weighted by molar-refractivity contribution is 0.143. The van der Waals surface area contributed by atoms with Gasteiger partial charge in [-0.2, -0.15) is 0 Å². The van der Waals surface area contributed by atoms with Crippen LogP contribution in [0.15, 0.2) is 18.2 Å². The molecule has 2 rings (SSSR count). The molecule has 1 heterocycles. The van der Waals surface area contributed by atoms with E-state index in [0.29, 0.717) is 28.2 Å². The summed E-state index contributed by atoms with van der Waals surface area (Å²) in [6.45, 7) is 4.78. The lowest BCUT2D eigenvalue weighted by atomic mass is 10.00. The molecule has 24 heavy (non-hydrogen) atoms. The Morgan fingerprint density at radius 2 is 2.04 bits per heavy atom. The Morgan fingerprint density at radius 3 is 2.75 bits per heavy atom. The van der Waals surface area contributed by atoms with Crippen LogP contribution in [-0.4, -0.2) is 39.0 Å². The van der Waals surface area contributed by atoms with Crippen molar-refractivity contribution in [3.63, 3.8) is 0 Å². The SMILES string of the molecule is CCC1CCCCN1CCCNS(=O)(=O)Cc1ccc(Cl)c(Cl)c1. The number of nitrogens with zero attached hydrogens (tertiary/aromatic N) is 1. The quantitative estimate of drug-likeness (QED) is 0.678. The number of sulfonamides is 1. The normalized spacial score (nSPS) is 19.5. The van der Waals surface area contributed by atoms with Gasteiger partial charge in [0.1, 0.15) is 0 Å². The number of nitrogens with one attached hydrogen (secondary N) is 1. The molecule has 0 amide bonds. The summed E-state index contributed by atoms with van der Waals surface area (Å²) in [5.41, 5.74) is 0.638. The fraction of sp³-hybridized carbons (Fsp3) is 0.647. The smallest absolute Gasteiger partial charge is 0.215 e. The third-order valence-corrected chi connectivity index (χ3v) is 6.60. The highest BCUT2D eigenvalue weighted by molar-refractivity contribution is 7.88. The van der Waals surface area contributed by atoms with Gasteiger partial charge in [0, 0.05) is 12.6 Å². The van der Waals surface area contributed by atoms with Gasteiger partial charge in [0.15, 0.2) is 0 Å². The van der Waals surface area contributed by atoms with E-state index in [1.807, 2.05) is 0 Å². The zero-order valence-electron chi connectivity index (χ0n) is 14.1. The number of hydrogen-bond acceptors (Lipinski definition) is 3. The van der Waals surface area contributed by atoms with Crippen LogP contribution in [-0.2, 0) is 15.8 Å². The molecular formula is C17H26Cl2N2O2S. The van der Waals surface area contributed by atoms with Crippen molar-refractivity contribution in [2.45, 2.75) is 50.8 Å². The lowest BCUT2D eigenvalue weighted by Crippen LogP contribution is -2.40. The average Bonchev–Trinajstić information content (AvgIpc) is 2.55. The van der Waals surface area contributed by atoms with Gasteiger partial charge in [-0.15, -0.1) is 0 Å². The molecule has 1 atom stereocenters. The molecule has 1 fully saturated rings. The number of hydrogen-bond donors (Lipinski definition) is 1. The van der Waals surface area contributed by atoms with Crippen LogP contribution in [0.1, 0.15) is 44.6 Å². The summed E-state index contributed by atoms with van der Waals surface area (Å²) in [6.07, 6.45) is 5.82. The molecule has 1 N–H and O–H groups in total. The van der Waals surface area contributed by atoms with E-state index < -0.39 is 10.0 Å². The molecule has 0 aromatic heterocycles. The Hall–Kier alpha value is -0.330. The maximum atomic E-state index is 12.2. The van der Waals surface area contributed by atoms with Gasteiger partial charge in [-0.25, -0.2) is 13.1 Å². The van der Waals surface area contributed by atoms with Gasteiger partial charge < -0.3 is 4.90 Å². The molecule has 0 saturated carbocycles. The Bertz CT molecular complexity index is 637. The minimum absolute atomic E-state index is 0.0782. The first-order chi connectivity index (χ1) is 11.4.